The number of hydrogen-bond acceptors (Lipinski definition) is 12. The highest BCUT2D eigenvalue weighted by Gasteiger charge is 2.67. The molecule has 356 valence electrons. The summed E-state index contributed by atoms with van der Waals surface area (Å²) in [6.07, 6.45) is 7.03. The second-order valence-electron chi connectivity index (χ2n) is 19.2. The Kier molecular flexibility index (Phi) is 10.4. The Hall–Kier alpha value is -7.15. The molecule has 0 amide bonds. The van der Waals surface area contributed by atoms with E-state index in [4.69, 9.17) is 38.0 Å². The van der Waals surface area contributed by atoms with Gasteiger partial charge in [0, 0.05) is 85.6 Å². The number of hydrogen-bond donors (Lipinski definition) is 5. The van der Waals surface area contributed by atoms with Gasteiger partial charge in [0.05, 0.1) is 34.5 Å². The fraction of sp³-hybridized carbons (Fsp3) is 0.333. The predicted octanol–water partition coefficient (Wildman–Crippen LogP) is 6.87. The maximum Gasteiger partial charge on any atom is 0.255 e. The Morgan fingerprint density at radius 3 is 1.83 bits per heavy atom. The van der Waals surface area contributed by atoms with Gasteiger partial charge < -0.3 is 26.3 Å². The topological polar surface area (TPSA) is 218 Å². The van der Waals surface area contributed by atoms with E-state index in [1.165, 1.54) is 12.1 Å². The van der Waals surface area contributed by atoms with E-state index in [2.05, 4.69) is 45.3 Å². The van der Waals surface area contributed by atoms with Crippen molar-refractivity contribution in [2.24, 2.45) is 42.2 Å². The lowest BCUT2D eigenvalue weighted by Crippen LogP contribution is -2.32. The zero-order valence-corrected chi connectivity index (χ0v) is 39.5. The zero-order valence-electron chi connectivity index (χ0n) is 38.7. The van der Waals surface area contributed by atoms with Gasteiger partial charge >= 0.3 is 0 Å². The van der Waals surface area contributed by atoms with Crippen molar-refractivity contribution in [2.75, 3.05) is 49.1 Å². The molecule has 0 unspecified atom stereocenters. The molecule has 6 aromatic heterocycles. The van der Waals surface area contributed by atoms with E-state index in [0.29, 0.717) is 69.3 Å². The molecule has 13 rings (SSSR count). The van der Waals surface area contributed by atoms with Crippen molar-refractivity contribution >= 4 is 56.3 Å². The number of benzene rings is 3. The van der Waals surface area contributed by atoms with Crippen LogP contribution in [0.25, 0.3) is 55.6 Å². The van der Waals surface area contributed by atoms with Crippen LogP contribution in [-0.4, -0.2) is 94.4 Å². The first-order valence-corrected chi connectivity index (χ1v) is 24.0. The van der Waals surface area contributed by atoms with Gasteiger partial charge in [-0.15, -0.1) is 0 Å². The number of nitrogens with two attached hydrogens (primary N) is 2. The van der Waals surface area contributed by atoms with Crippen LogP contribution in [0.2, 0.25) is 5.02 Å². The number of pyridine rings is 1. The van der Waals surface area contributed by atoms with E-state index in [-0.39, 0.29) is 33.9 Å². The van der Waals surface area contributed by atoms with Crippen molar-refractivity contribution < 1.29 is 8.78 Å². The first kappa shape index (κ1) is 44.1. The largest absolute Gasteiger partial charge is 0.355 e. The molecule has 2 saturated carbocycles. The summed E-state index contributed by atoms with van der Waals surface area (Å²) in [5, 5.41) is 21.2. The molecule has 16 nitrogen and oxygen atoms in total. The Labute approximate surface area is 404 Å². The van der Waals surface area contributed by atoms with Gasteiger partial charge in [-0.05, 0) is 97.2 Å². The van der Waals surface area contributed by atoms with E-state index in [1.807, 2.05) is 68.2 Å². The quantitative estimate of drug-likeness (QED) is 0.105. The molecule has 70 heavy (non-hydrogen) atoms. The fourth-order valence-electron chi connectivity index (χ4n) is 12.4. The van der Waals surface area contributed by atoms with Crippen molar-refractivity contribution in [1.29, 1.82) is 0 Å². The van der Waals surface area contributed by atoms with Gasteiger partial charge in [0.25, 0.3) is 5.56 Å². The molecule has 4 fully saturated rings. The molecule has 9 aromatic rings. The predicted molar refractivity (Wildman–Crippen MR) is 266 cm³/mol. The van der Waals surface area contributed by atoms with Gasteiger partial charge in [0.1, 0.15) is 34.3 Å². The molecule has 4 aliphatic rings. The minimum absolute atomic E-state index is 0.157. The summed E-state index contributed by atoms with van der Waals surface area (Å²) >= 11 is 6.55. The Morgan fingerprint density at radius 1 is 0.757 bits per heavy atom. The highest BCUT2D eigenvalue weighted by molar-refractivity contribution is 6.34. The average Bonchev–Trinajstić information content (AvgIpc) is 3.98. The number of halogens is 3. The summed E-state index contributed by atoms with van der Waals surface area (Å²) in [7, 11) is 1.93. The van der Waals surface area contributed by atoms with Gasteiger partial charge in [0.2, 0.25) is 11.3 Å². The number of nitrogens with one attached hydrogen (secondary N) is 3. The van der Waals surface area contributed by atoms with Crippen molar-refractivity contribution in [1.82, 2.24) is 55.1 Å². The highest BCUT2D eigenvalue weighted by atomic mass is 35.5. The standard InChI is InChI=1S/C27H23ClFN7O.C24H27FN8/c28-20-10-15-14(5-7-31-26(15)37)9-16(20)23-24-25(35-34-23)33-22(11-32-24)36-8-6-17-19(12-36)27(17,13-30)18-3-1-2-4-21(18)29;1-13-20(14(2)32(3)31-13)21-22-23(30-29-21)28-19(10-27-22)33-9-8-15-17(11-33)24(15,12-26)16-6-4-5-7-18(16)25/h1-5,7,9-11,17,19H,6,8,12-13,30H2,(H,31,37)(H,33,34,35);4-7,10,15,17H,8-9,11-12,26H2,1-3H3,(H,28,29,30)/t17-,19+,27-;15-,17+,24-/m11/s1. The Bertz CT molecular complexity index is 3590. The van der Waals surface area contributed by atoms with Gasteiger partial charge in [-0.25, -0.2) is 28.7 Å². The van der Waals surface area contributed by atoms with Gasteiger partial charge in [-0.3, -0.25) is 19.7 Å². The van der Waals surface area contributed by atoms with Crippen LogP contribution in [0.3, 0.4) is 0 Å². The molecule has 8 heterocycles. The monoisotopic (exact) mass is 961 g/mol. The molecule has 0 bridgehead atoms. The molecular formula is C51H50ClF2N15O. The van der Waals surface area contributed by atoms with Crippen LogP contribution in [-0.2, 0) is 17.9 Å². The second-order valence-corrected chi connectivity index (χ2v) is 19.6. The smallest absolute Gasteiger partial charge is 0.255 e. The van der Waals surface area contributed by atoms with Crippen LogP contribution in [0, 0.1) is 49.2 Å². The van der Waals surface area contributed by atoms with Crippen LogP contribution in [0.1, 0.15) is 35.4 Å². The zero-order chi connectivity index (χ0) is 48.2. The van der Waals surface area contributed by atoms with Crippen molar-refractivity contribution in [3.8, 4) is 22.5 Å². The van der Waals surface area contributed by atoms with Crippen LogP contribution >= 0.6 is 11.6 Å². The Morgan fingerprint density at radius 2 is 1.30 bits per heavy atom. The van der Waals surface area contributed by atoms with Crippen molar-refractivity contribution in [3.63, 3.8) is 0 Å². The van der Waals surface area contributed by atoms with Crippen molar-refractivity contribution in [3.05, 3.63) is 135 Å². The number of fused-ring (bicyclic) bond motifs is 5. The fourth-order valence-corrected chi connectivity index (χ4v) is 12.7. The third-order valence-electron chi connectivity index (χ3n) is 16.1. The third-order valence-corrected chi connectivity index (χ3v) is 16.4. The van der Waals surface area contributed by atoms with Crippen LogP contribution in [0.5, 0.6) is 0 Å². The van der Waals surface area contributed by atoms with Gasteiger partial charge in [-0.1, -0.05) is 48.0 Å². The second kappa shape index (κ2) is 16.5. The summed E-state index contributed by atoms with van der Waals surface area (Å²) in [6, 6.07) is 19.4. The first-order chi connectivity index (χ1) is 34.0. The lowest BCUT2D eigenvalue weighted by molar-refractivity contribution is 0.533. The SMILES string of the molecule is Cc1nn(C)c(C)c1-c1[nH]nc2nc(N3CC[C@@H]4[C@H](C3)[C@@]4(CN)c3ccccc3F)cnc12.NC[C@]1(c2ccccc2F)[C@@H]2CCN(c3cnc4c(-c5cc6cc[nH]c(=O)c6cc5Cl)[nH]nc4n3)C[C@@H]21. The van der Waals surface area contributed by atoms with Gasteiger partial charge in [0.15, 0.2) is 0 Å². The average molecular weight is 963 g/mol. The first-order valence-electron chi connectivity index (χ1n) is 23.6. The molecular weight excluding hydrogens is 912 g/mol. The van der Waals surface area contributed by atoms with E-state index < -0.39 is 0 Å². The molecule has 7 N–H and O–H groups in total. The van der Waals surface area contributed by atoms with E-state index in [0.717, 1.165) is 95.3 Å². The molecule has 2 aliphatic carbocycles. The normalized spacial score (nSPS) is 23.6. The number of anilines is 2. The van der Waals surface area contributed by atoms with Crippen LogP contribution < -0.4 is 26.8 Å². The van der Waals surface area contributed by atoms with Crippen molar-refractivity contribution in [2.45, 2.75) is 37.5 Å². The number of aromatic amines is 3. The summed E-state index contributed by atoms with van der Waals surface area (Å²) in [5.74, 6) is 2.52. The summed E-state index contributed by atoms with van der Waals surface area (Å²) < 4.78 is 31.2. The number of nitrogens with zero attached hydrogens (tertiary/aromatic N) is 10. The lowest BCUT2D eigenvalue weighted by Gasteiger charge is -2.26. The highest BCUT2D eigenvalue weighted by Crippen LogP contribution is 2.64. The lowest BCUT2D eigenvalue weighted by atomic mass is 9.91. The number of rotatable bonds is 8. The molecule has 2 saturated heterocycles. The maximum atomic E-state index is 14.7. The molecule has 19 heteroatoms. The minimum atomic E-state index is -0.328. The summed E-state index contributed by atoms with van der Waals surface area (Å²) in [6.45, 7) is 8.04. The number of aromatic nitrogens is 11. The van der Waals surface area contributed by atoms with Crippen LogP contribution in [0.15, 0.2) is 90.1 Å². The van der Waals surface area contributed by atoms with E-state index in [9.17, 15) is 13.6 Å². The molecule has 0 radical (unpaired) electrons. The number of piperidine rings is 2. The molecule has 0 spiro atoms. The van der Waals surface area contributed by atoms with E-state index in [1.54, 1.807) is 30.6 Å². The van der Waals surface area contributed by atoms with E-state index >= 15 is 0 Å². The third kappa shape index (κ3) is 6.66. The maximum absolute atomic E-state index is 14.7. The number of H-pyrrole nitrogens is 3. The number of aryl methyl sites for hydroxylation is 2. The molecule has 3 aromatic carbocycles. The van der Waals surface area contributed by atoms with Crippen LogP contribution in [0.4, 0.5) is 20.4 Å². The summed E-state index contributed by atoms with van der Waals surface area (Å²) in [4.78, 5) is 38.2. The van der Waals surface area contributed by atoms with Gasteiger partial charge in [-0.2, -0.15) is 15.3 Å². The minimum Gasteiger partial charge on any atom is -0.355 e. The summed E-state index contributed by atoms with van der Waals surface area (Å²) in [5.41, 5.74) is 20.7. The Balaban J connectivity index is 0.000000145. The molecule has 6 atom stereocenters. The molecule has 2 aliphatic heterocycles.